The van der Waals surface area contributed by atoms with E-state index in [0.29, 0.717) is 11.3 Å². The lowest BCUT2D eigenvalue weighted by atomic mass is 10.1. The van der Waals surface area contributed by atoms with Gasteiger partial charge in [0.2, 0.25) is 5.91 Å². The van der Waals surface area contributed by atoms with E-state index in [-0.39, 0.29) is 11.6 Å². The molecule has 0 fully saturated rings. The third kappa shape index (κ3) is 7.69. The number of rotatable bonds is 10. The normalized spacial score (nSPS) is 11.9. The molecule has 0 saturated heterocycles. The predicted octanol–water partition coefficient (Wildman–Crippen LogP) is 8.36. The van der Waals surface area contributed by atoms with Crippen molar-refractivity contribution in [2.45, 2.75) is 17.1 Å². The smallest absolute Gasteiger partial charge is 0.272 e. The number of H-pyrrole nitrogens is 1. The van der Waals surface area contributed by atoms with E-state index >= 15 is 0 Å². The molecule has 0 saturated carbocycles. The lowest BCUT2D eigenvalue weighted by Crippen LogP contribution is -2.30. The van der Waals surface area contributed by atoms with Crippen LogP contribution in [0.25, 0.3) is 17.0 Å². The average Bonchev–Trinajstić information content (AvgIpc) is 3.52. The maximum Gasteiger partial charge on any atom is 0.272 e. The standard InChI is InChI=1S/C39H32N4O3S/c1-26-12-8-10-18-33(26)42-39(46)36(27-13-4-2-5-14-27)47-31-22-20-30(21-23-31)41-38(45)35(43-37(44)28-15-6-3-7-16-28)24-29-25-40-34-19-11-9-17-32(29)34/h2-25,36,40H,1H3,(H,41,45)(H,42,46)(H,43,44)/b35-24+/t36-/m1/s1. The van der Waals surface area contributed by atoms with Crippen molar-refractivity contribution in [3.05, 3.63) is 168 Å². The number of anilines is 2. The number of amides is 3. The van der Waals surface area contributed by atoms with Crippen molar-refractivity contribution in [2.75, 3.05) is 10.6 Å². The van der Waals surface area contributed by atoms with Gasteiger partial charge in [0.1, 0.15) is 10.9 Å². The lowest BCUT2D eigenvalue weighted by molar-refractivity contribution is -0.116. The van der Waals surface area contributed by atoms with Gasteiger partial charge in [-0.15, -0.1) is 11.8 Å². The minimum absolute atomic E-state index is 0.0964. The Morgan fingerprint density at radius 1 is 0.723 bits per heavy atom. The fourth-order valence-electron chi connectivity index (χ4n) is 5.07. The van der Waals surface area contributed by atoms with Gasteiger partial charge in [-0.2, -0.15) is 0 Å². The molecule has 0 unspecified atom stereocenters. The van der Waals surface area contributed by atoms with Crippen LogP contribution in [0, 0.1) is 6.92 Å². The number of hydrogen-bond donors (Lipinski definition) is 4. The highest BCUT2D eigenvalue weighted by molar-refractivity contribution is 8.00. The van der Waals surface area contributed by atoms with Gasteiger partial charge in [0.05, 0.1) is 0 Å². The molecule has 6 rings (SSSR count). The summed E-state index contributed by atoms with van der Waals surface area (Å²) >= 11 is 1.42. The Balaban J connectivity index is 1.21. The Kier molecular flexibility index (Phi) is 9.60. The minimum Gasteiger partial charge on any atom is -0.361 e. The molecule has 5 aromatic carbocycles. The van der Waals surface area contributed by atoms with Gasteiger partial charge in [-0.05, 0) is 72.7 Å². The Morgan fingerprint density at radius 2 is 1.38 bits per heavy atom. The number of carbonyl (C=O) groups is 3. The van der Waals surface area contributed by atoms with Gasteiger partial charge in [-0.25, -0.2) is 0 Å². The van der Waals surface area contributed by atoms with Gasteiger partial charge < -0.3 is 20.9 Å². The van der Waals surface area contributed by atoms with E-state index in [4.69, 9.17) is 0 Å². The summed E-state index contributed by atoms with van der Waals surface area (Å²) in [4.78, 5) is 44.3. The van der Waals surface area contributed by atoms with Crippen LogP contribution >= 0.6 is 11.8 Å². The Labute approximate surface area is 277 Å². The average molecular weight is 637 g/mol. The number of nitrogens with one attached hydrogen (secondary N) is 4. The summed E-state index contributed by atoms with van der Waals surface area (Å²) in [5.74, 6) is -0.997. The van der Waals surface area contributed by atoms with Gasteiger partial charge in [0, 0.05) is 44.5 Å². The highest BCUT2D eigenvalue weighted by atomic mass is 32.2. The molecule has 0 aliphatic rings. The Hall–Kier alpha value is -5.86. The second kappa shape index (κ2) is 14.5. The first kappa shape index (κ1) is 31.1. The van der Waals surface area contributed by atoms with Crippen LogP contribution < -0.4 is 16.0 Å². The fourth-order valence-corrected chi connectivity index (χ4v) is 6.10. The maximum absolute atomic E-state index is 13.6. The minimum atomic E-state index is -0.504. The first-order valence-electron chi connectivity index (χ1n) is 15.1. The second-order valence-electron chi connectivity index (χ2n) is 10.9. The molecular weight excluding hydrogens is 605 g/mol. The summed E-state index contributed by atoms with van der Waals surface area (Å²) < 4.78 is 0. The highest BCUT2D eigenvalue weighted by Crippen LogP contribution is 2.37. The molecule has 7 nitrogen and oxygen atoms in total. The van der Waals surface area contributed by atoms with Gasteiger partial charge >= 0.3 is 0 Å². The second-order valence-corrected chi connectivity index (χ2v) is 12.0. The van der Waals surface area contributed by atoms with E-state index in [0.717, 1.165) is 38.2 Å². The molecular formula is C39H32N4O3S. The molecule has 6 aromatic rings. The van der Waals surface area contributed by atoms with Crippen molar-refractivity contribution in [3.8, 4) is 0 Å². The maximum atomic E-state index is 13.6. The van der Waals surface area contributed by atoms with E-state index in [1.165, 1.54) is 11.8 Å². The lowest BCUT2D eigenvalue weighted by Gasteiger charge is -2.18. The number of thioether (sulfide) groups is 1. The molecule has 47 heavy (non-hydrogen) atoms. The van der Waals surface area contributed by atoms with Crippen molar-refractivity contribution in [3.63, 3.8) is 0 Å². The van der Waals surface area contributed by atoms with E-state index < -0.39 is 17.1 Å². The summed E-state index contributed by atoms with van der Waals surface area (Å²) in [6.07, 6.45) is 3.47. The molecule has 0 aliphatic heterocycles. The van der Waals surface area contributed by atoms with Crippen LogP contribution in [-0.4, -0.2) is 22.7 Å². The Bertz CT molecular complexity index is 2060. The van der Waals surface area contributed by atoms with Crippen molar-refractivity contribution in [2.24, 2.45) is 0 Å². The van der Waals surface area contributed by atoms with Gasteiger partial charge in [0.25, 0.3) is 11.8 Å². The van der Waals surface area contributed by atoms with Crippen molar-refractivity contribution in [1.82, 2.24) is 10.3 Å². The summed E-state index contributed by atoms with van der Waals surface area (Å²) in [5.41, 5.74) is 5.39. The van der Waals surface area contributed by atoms with Crippen molar-refractivity contribution in [1.29, 1.82) is 0 Å². The van der Waals surface area contributed by atoms with Crippen LogP contribution in [0.5, 0.6) is 0 Å². The molecule has 1 aromatic heterocycles. The number of aromatic amines is 1. The van der Waals surface area contributed by atoms with E-state index in [2.05, 4.69) is 20.9 Å². The molecule has 0 radical (unpaired) electrons. The van der Waals surface area contributed by atoms with Crippen LogP contribution in [0.2, 0.25) is 0 Å². The topological polar surface area (TPSA) is 103 Å². The summed E-state index contributed by atoms with van der Waals surface area (Å²) in [7, 11) is 0. The zero-order chi connectivity index (χ0) is 32.6. The van der Waals surface area contributed by atoms with Crippen molar-refractivity contribution < 1.29 is 14.4 Å². The Morgan fingerprint density at radius 3 is 2.13 bits per heavy atom. The first-order chi connectivity index (χ1) is 22.9. The molecule has 1 atom stereocenters. The van der Waals surface area contributed by atoms with Crippen LogP contribution in [0.1, 0.15) is 32.3 Å². The number of aromatic nitrogens is 1. The molecule has 8 heteroatoms. The predicted molar refractivity (Wildman–Crippen MR) is 190 cm³/mol. The van der Waals surface area contributed by atoms with Crippen molar-refractivity contribution >= 4 is 57.8 Å². The van der Waals surface area contributed by atoms with E-state index in [1.807, 2.05) is 104 Å². The monoisotopic (exact) mass is 636 g/mol. The van der Waals surface area contributed by atoms with Crippen LogP contribution in [-0.2, 0) is 9.59 Å². The van der Waals surface area contributed by atoms with Gasteiger partial charge in [-0.1, -0.05) is 84.9 Å². The molecule has 0 spiro atoms. The number of fused-ring (bicyclic) bond motifs is 1. The molecule has 1 heterocycles. The molecule has 4 N–H and O–H groups in total. The number of aryl methyl sites for hydroxylation is 1. The largest absolute Gasteiger partial charge is 0.361 e. The van der Waals surface area contributed by atoms with Crippen LogP contribution in [0.15, 0.2) is 150 Å². The third-order valence-electron chi connectivity index (χ3n) is 7.56. The summed E-state index contributed by atoms with van der Waals surface area (Å²) in [6, 6.07) is 41.1. The quantitative estimate of drug-likeness (QED) is 0.0896. The zero-order valence-electron chi connectivity index (χ0n) is 25.6. The fraction of sp³-hybridized carbons (Fsp3) is 0.0513. The van der Waals surface area contributed by atoms with Crippen LogP contribution in [0.3, 0.4) is 0 Å². The SMILES string of the molecule is Cc1ccccc1NC(=O)[C@H](Sc1ccc(NC(=O)/C(=C\c2c[nH]c3ccccc23)NC(=O)c2ccccc2)cc1)c1ccccc1. The van der Waals surface area contributed by atoms with E-state index in [9.17, 15) is 14.4 Å². The molecule has 0 aliphatic carbocycles. The van der Waals surface area contributed by atoms with Gasteiger partial charge in [0.15, 0.2) is 0 Å². The zero-order valence-corrected chi connectivity index (χ0v) is 26.4. The molecule has 0 bridgehead atoms. The first-order valence-corrected chi connectivity index (χ1v) is 16.0. The molecule has 3 amide bonds. The number of carbonyl (C=O) groups excluding carboxylic acids is 3. The summed E-state index contributed by atoms with van der Waals surface area (Å²) in [6.45, 7) is 1.96. The van der Waals surface area contributed by atoms with Gasteiger partial charge in [-0.3, -0.25) is 14.4 Å². The molecule has 232 valence electrons. The third-order valence-corrected chi connectivity index (χ3v) is 8.83. The van der Waals surface area contributed by atoms with E-state index in [1.54, 1.807) is 48.7 Å². The number of hydrogen-bond acceptors (Lipinski definition) is 4. The summed E-state index contributed by atoms with van der Waals surface area (Å²) in [5, 5.41) is 9.20. The number of para-hydroxylation sites is 2. The van der Waals surface area contributed by atoms with Crippen LogP contribution in [0.4, 0.5) is 11.4 Å². The number of benzene rings is 5. The highest BCUT2D eigenvalue weighted by Gasteiger charge is 2.23.